The quantitative estimate of drug-likeness (QED) is 0.499. The molecule has 0 N–H and O–H groups in total. The molecule has 0 unspecified atom stereocenters. The van der Waals surface area contributed by atoms with Crippen LogP contribution in [0, 0.1) is 6.92 Å². The van der Waals surface area contributed by atoms with Crippen LogP contribution in [0.1, 0.15) is 15.9 Å². The molecule has 0 bridgehead atoms. The molecule has 24 heavy (non-hydrogen) atoms. The summed E-state index contributed by atoms with van der Waals surface area (Å²) in [6.07, 6.45) is 0. The number of halogens is 1. The first-order valence-corrected chi connectivity index (χ1v) is 8.02. The van der Waals surface area contributed by atoms with Gasteiger partial charge in [0, 0.05) is 19.7 Å². The lowest BCUT2D eigenvalue weighted by molar-refractivity contribution is 0.0972. The minimum Gasteiger partial charge on any atom is -0.296 e. The van der Waals surface area contributed by atoms with Crippen molar-refractivity contribution >= 4 is 32.9 Å². The van der Waals surface area contributed by atoms with Crippen molar-refractivity contribution < 1.29 is 4.79 Å². The lowest BCUT2D eigenvalue weighted by Crippen LogP contribution is -2.37. The van der Waals surface area contributed by atoms with Gasteiger partial charge in [0.25, 0.3) is 5.56 Å². The molecule has 3 rings (SSSR count). The van der Waals surface area contributed by atoms with Gasteiger partial charge < -0.3 is 0 Å². The summed E-state index contributed by atoms with van der Waals surface area (Å²) in [6, 6.07) is 7.23. The molecule has 0 atom stereocenters. The molecule has 0 fully saturated rings. The van der Waals surface area contributed by atoms with E-state index in [1.54, 1.807) is 19.2 Å². The van der Waals surface area contributed by atoms with Gasteiger partial charge in [-0.1, -0.05) is 29.8 Å². The second-order valence-electron chi connectivity index (χ2n) is 5.63. The van der Waals surface area contributed by atoms with E-state index in [4.69, 9.17) is 0 Å². The minimum atomic E-state index is -0.490. The summed E-state index contributed by atoms with van der Waals surface area (Å²) in [4.78, 5) is 41.1. The first-order chi connectivity index (χ1) is 11.3. The number of imidazole rings is 1. The molecule has 2 aromatic heterocycles. The summed E-state index contributed by atoms with van der Waals surface area (Å²) in [6.45, 7) is 1.92. The Labute approximate surface area is 145 Å². The molecule has 0 amide bonds. The number of ketones is 1. The smallest absolute Gasteiger partial charge is 0.296 e. The maximum Gasteiger partial charge on any atom is 0.332 e. The topological polar surface area (TPSA) is 78.9 Å². The van der Waals surface area contributed by atoms with Crippen molar-refractivity contribution in [2.45, 2.75) is 13.5 Å². The average Bonchev–Trinajstić information content (AvgIpc) is 2.88. The SMILES string of the molecule is Cc1ccc(C(=O)Cn2c(Br)nc3c(=O)n(C)c(=O)n(C)c32)cc1. The third-order valence-corrected chi connectivity index (χ3v) is 4.57. The Kier molecular flexibility index (Phi) is 4.00. The molecule has 0 aliphatic rings. The standard InChI is InChI=1S/C16H15BrN4O3/c1-9-4-6-10(7-5-9)11(22)8-21-13-12(18-15(21)17)14(23)20(3)16(24)19(13)2/h4-7H,8H2,1-3H3. The number of rotatable bonds is 3. The van der Waals surface area contributed by atoms with Crippen LogP contribution in [0.25, 0.3) is 11.2 Å². The average molecular weight is 391 g/mol. The highest BCUT2D eigenvalue weighted by molar-refractivity contribution is 9.10. The molecule has 0 saturated heterocycles. The van der Waals surface area contributed by atoms with Crippen molar-refractivity contribution in [3.05, 3.63) is 61.0 Å². The molecule has 0 aliphatic heterocycles. The molecule has 3 aromatic rings. The summed E-state index contributed by atoms with van der Waals surface area (Å²) in [5.41, 5.74) is 1.12. The van der Waals surface area contributed by atoms with E-state index >= 15 is 0 Å². The number of hydrogen-bond donors (Lipinski definition) is 0. The zero-order valence-corrected chi connectivity index (χ0v) is 15.0. The molecule has 0 radical (unpaired) electrons. The van der Waals surface area contributed by atoms with E-state index in [2.05, 4.69) is 20.9 Å². The second kappa shape index (κ2) is 5.86. The fourth-order valence-corrected chi connectivity index (χ4v) is 3.05. The maximum absolute atomic E-state index is 12.5. The largest absolute Gasteiger partial charge is 0.332 e. The first-order valence-electron chi connectivity index (χ1n) is 7.23. The molecular formula is C16H15BrN4O3. The summed E-state index contributed by atoms with van der Waals surface area (Å²) in [5.74, 6) is -0.136. The summed E-state index contributed by atoms with van der Waals surface area (Å²) in [7, 11) is 2.94. The number of carbonyl (C=O) groups is 1. The second-order valence-corrected chi connectivity index (χ2v) is 6.34. The van der Waals surface area contributed by atoms with E-state index in [1.165, 1.54) is 16.2 Å². The van der Waals surface area contributed by atoms with E-state index in [0.29, 0.717) is 15.9 Å². The lowest BCUT2D eigenvalue weighted by atomic mass is 10.1. The normalized spacial score (nSPS) is 11.2. The van der Waals surface area contributed by atoms with Crippen LogP contribution in [-0.4, -0.2) is 24.5 Å². The van der Waals surface area contributed by atoms with Crippen LogP contribution in [0.4, 0.5) is 0 Å². The molecule has 0 aliphatic carbocycles. The van der Waals surface area contributed by atoms with Gasteiger partial charge in [0.2, 0.25) is 0 Å². The fourth-order valence-electron chi connectivity index (χ4n) is 2.58. The molecule has 2 heterocycles. The van der Waals surface area contributed by atoms with Crippen molar-refractivity contribution in [2.24, 2.45) is 14.1 Å². The van der Waals surface area contributed by atoms with Crippen LogP contribution in [0.2, 0.25) is 0 Å². The monoisotopic (exact) mass is 390 g/mol. The Hall–Kier alpha value is -2.48. The number of nitrogens with zero attached hydrogens (tertiary/aromatic N) is 4. The predicted molar refractivity (Wildman–Crippen MR) is 93.4 cm³/mol. The Morgan fingerprint density at radius 2 is 1.75 bits per heavy atom. The molecule has 7 nitrogen and oxygen atoms in total. The van der Waals surface area contributed by atoms with Gasteiger partial charge >= 0.3 is 5.69 Å². The first kappa shape index (κ1) is 16.4. The zero-order chi connectivity index (χ0) is 17.6. The van der Waals surface area contributed by atoms with Crippen molar-refractivity contribution in [1.29, 1.82) is 0 Å². The summed E-state index contributed by atoms with van der Waals surface area (Å²) in [5, 5.41) is 0. The summed E-state index contributed by atoms with van der Waals surface area (Å²) < 4.78 is 4.17. The molecule has 0 spiro atoms. The Morgan fingerprint density at radius 1 is 1.12 bits per heavy atom. The number of carbonyl (C=O) groups excluding carboxylic acids is 1. The van der Waals surface area contributed by atoms with Crippen LogP contribution >= 0.6 is 15.9 Å². The predicted octanol–water partition coefficient (Wildman–Crippen LogP) is 1.39. The fraction of sp³-hybridized carbons (Fsp3) is 0.250. The minimum absolute atomic E-state index is 0.0272. The van der Waals surface area contributed by atoms with E-state index < -0.39 is 11.2 Å². The van der Waals surface area contributed by atoms with Crippen molar-refractivity contribution in [3.63, 3.8) is 0 Å². The Morgan fingerprint density at radius 3 is 2.38 bits per heavy atom. The lowest BCUT2D eigenvalue weighted by Gasteiger charge is -2.09. The van der Waals surface area contributed by atoms with Crippen LogP contribution in [0.3, 0.4) is 0 Å². The maximum atomic E-state index is 12.5. The highest BCUT2D eigenvalue weighted by Gasteiger charge is 2.19. The Bertz CT molecular complexity index is 1070. The van der Waals surface area contributed by atoms with Gasteiger partial charge in [-0.25, -0.2) is 9.78 Å². The third kappa shape index (κ3) is 2.52. The van der Waals surface area contributed by atoms with Gasteiger partial charge in [0.1, 0.15) is 0 Å². The van der Waals surface area contributed by atoms with Crippen molar-refractivity contribution in [3.8, 4) is 0 Å². The Balaban J connectivity index is 2.15. The highest BCUT2D eigenvalue weighted by atomic mass is 79.9. The van der Waals surface area contributed by atoms with Crippen molar-refractivity contribution in [2.75, 3.05) is 0 Å². The van der Waals surface area contributed by atoms with Crippen molar-refractivity contribution in [1.82, 2.24) is 18.7 Å². The van der Waals surface area contributed by atoms with E-state index in [0.717, 1.165) is 10.1 Å². The number of fused-ring (bicyclic) bond motifs is 1. The van der Waals surface area contributed by atoms with Crippen LogP contribution in [0.5, 0.6) is 0 Å². The van der Waals surface area contributed by atoms with Crippen LogP contribution in [0.15, 0.2) is 38.6 Å². The van der Waals surface area contributed by atoms with E-state index in [9.17, 15) is 14.4 Å². The van der Waals surface area contributed by atoms with Crippen LogP contribution in [-0.2, 0) is 20.6 Å². The molecule has 8 heteroatoms. The van der Waals surface area contributed by atoms with Gasteiger partial charge in [-0.05, 0) is 22.9 Å². The molecule has 124 valence electrons. The van der Waals surface area contributed by atoms with Gasteiger partial charge in [-0.3, -0.25) is 23.3 Å². The number of aromatic nitrogens is 4. The highest BCUT2D eigenvalue weighted by Crippen LogP contribution is 2.17. The molecule has 1 aromatic carbocycles. The number of Topliss-reactive ketones (excluding diaryl/α,β-unsaturated/α-hetero) is 1. The van der Waals surface area contributed by atoms with E-state index in [-0.39, 0.29) is 17.8 Å². The summed E-state index contributed by atoms with van der Waals surface area (Å²) >= 11 is 3.28. The third-order valence-electron chi connectivity index (χ3n) is 3.97. The van der Waals surface area contributed by atoms with E-state index in [1.807, 2.05) is 19.1 Å². The molecule has 0 saturated carbocycles. The van der Waals surface area contributed by atoms with Crippen LogP contribution < -0.4 is 11.2 Å². The zero-order valence-electron chi connectivity index (χ0n) is 13.4. The number of benzene rings is 1. The number of hydrogen-bond acceptors (Lipinski definition) is 4. The van der Waals surface area contributed by atoms with Gasteiger partial charge in [-0.15, -0.1) is 0 Å². The van der Waals surface area contributed by atoms with Gasteiger partial charge in [-0.2, -0.15) is 0 Å². The van der Waals surface area contributed by atoms with Gasteiger partial charge in [0.15, 0.2) is 21.7 Å². The number of aryl methyl sites for hydroxylation is 2. The molecular weight excluding hydrogens is 376 g/mol. The van der Waals surface area contributed by atoms with Gasteiger partial charge in [0.05, 0.1) is 6.54 Å².